The van der Waals surface area contributed by atoms with Crippen LogP contribution in [0.15, 0.2) is 12.1 Å². The molecule has 3 N–H and O–H groups in total. The summed E-state index contributed by atoms with van der Waals surface area (Å²) in [5.41, 5.74) is 1.54. The first-order chi connectivity index (χ1) is 11.0. The molecule has 1 unspecified atom stereocenters. The molecule has 3 rings (SSSR count). The molecule has 0 fully saturated rings. The van der Waals surface area contributed by atoms with E-state index in [1.54, 1.807) is 0 Å². The molecule has 0 spiro atoms. The minimum atomic E-state index is -0.818. The van der Waals surface area contributed by atoms with Crippen molar-refractivity contribution in [2.45, 2.75) is 25.7 Å². The maximum Gasteiger partial charge on any atom is 0.223 e. The Morgan fingerprint density at radius 1 is 1.30 bits per heavy atom. The smallest absolute Gasteiger partial charge is 0.223 e. The third kappa shape index (κ3) is 3.30. The van der Waals surface area contributed by atoms with E-state index in [4.69, 9.17) is 5.11 Å². The standard InChI is InChI=1S/C15H16F2N4O2/c16-11-6-9(22)7-12(17)10(11)3-4-18-15(23)8-1-2-13-14(5-8)20-21-19-13/h6-8,22H,1-5H2,(H,18,23)(H,19,20,21). The molecule has 1 aromatic carbocycles. The monoisotopic (exact) mass is 322 g/mol. The normalized spacial score (nSPS) is 16.9. The number of aromatic amines is 1. The zero-order valence-electron chi connectivity index (χ0n) is 12.3. The summed E-state index contributed by atoms with van der Waals surface area (Å²) in [6, 6.07) is 1.71. The number of halogens is 2. The zero-order chi connectivity index (χ0) is 16.4. The third-order valence-corrected chi connectivity index (χ3v) is 4.04. The number of nitrogens with one attached hydrogen (secondary N) is 2. The number of phenolic OH excluding ortho intramolecular Hbond substituents is 1. The number of aromatic nitrogens is 3. The van der Waals surface area contributed by atoms with Crippen LogP contribution in [-0.2, 0) is 24.1 Å². The first kappa shape index (κ1) is 15.4. The fourth-order valence-electron chi connectivity index (χ4n) is 2.79. The van der Waals surface area contributed by atoms with Crippen LogP contribution in [0.2, 0.25) is 0 Å². The van der Waals surface area contributed by atoms with E-state index in [0.29, 0.717) is 19.3 Å². The summed E-state index contributed by atoms with van der Waals surface area (Å²) in [4.78, 5) is 12.1. The number of hydrogen-bond donors (Lipinski definition) is 3. The van der Waals surface area contributed by atoms with Gasteiger partial charge in [0.05, 0.1) is 11.4 Å². The number of aryl methyl sites for hydroxylation is 1. The molecule has 1 atom stereocenters. The van der Waals surface area contributed by atoms with E-state index in [1.807, 2.05) is 0 Å². The number of carbonyl (C=O) groups excluding carboxylic acids is 1. The number of fused-ring (bicyclic) bond motifs is 1. The lowest BCUT2D eigenvalue weighted by atomic mass is 9.89. The number of aromatic hydroxyl groups is 1. The van der Waals surface area contributed by atoms with E-state index < -0.39 is 17.4 Å². The SMILES string of the molecule is O=C(NCCc1c(F)cc(O)cc1F)C1CCc2n[nH]nc2C1. The minimum absolute atomic E-state index is 0.0195. The van der Waals surface area contributed by atoms with Crippen molar-refractivity contribution < 1.29 is 18.7 Å². The van der Waals surface area contributed by atoms with Gasteiger partial charge in [-0.2, -0.15) is 15.4 Å². The lowest BCUT2D eigenvalue weighted by Gasteiger charge is -2.19. The Bertz CT molecular complexity index is 709. The van der Waals surface area contributed by atoms with Crippen molar-refractivity contribution >= 4 is 5.91 Å². The van der Waals surface area contributed by atoms with Gasteiger partial charge < -0.3 is 10.4 Å². The number of phenols is 1. The topological polar surface area (TPSA) is 90.9 Å². The minimum Gasteiger partial charge on any atom is -0.508 e. The van der Waals surface area contributed by atoms with Crippen LogP contribution in [0, 0.1) is 17.6 Å². The summed E-state index contributed by atoms with van der Waals surface area (Å²) in [7, 11) is 0. The van der Waals surface area contributed by atoms with Crippen molar-refractivity contribution in [2.75, 3.05) is 6.54 Å². The molecule has 0 saturated carbocycles. The third-order valence-electron chi connectivity index (χ3n) is 4.04. The maximum atomic E-state index is 13.6. The largest absolute Gasteiger partial charge is 0.508 e. The molecule has 8 heteroatoms. The summed E-state index contributed by atoms with van der Waals surface area (Å²) in [6.07, 6.45) is 1.89. The number of carbonyl (C=O) groups is 1. The van der Waals surface area contributed by atoms with Gasteiger partial charge in [0.2, 0.25) is 5.91 Å². The highest BCUT2D eigenvalue weighted by Crippen LogP contribution is 2.22. The van der Waals surface area contributed by atoms with Gasteiger partial charge in [0, 0.05) is 36.6 Å². The molecular weight excluding hydrogens is 306 g/mol. The highest BCUT2D eigenvalue weighted by atomic mass is 19.1. The first-order valence-electron chi connectivity index (χ1n) is 7.37. The van der Waals surface area contributed by atoms with Crippen LogP contribution in [-0.4, -0.2) is 33.0 Å². The zero-order valence-corrected chi connectivity index (χ0v) is 12.3. The molecule has 0 saturated heterocycles. The second kappa shape index (κ2) is 6.31. The molecule has 1 aliphatic carbocycles. The summed E-state index contributed by atoms with van der Waals surface area (Å²) in [5.74, 6) is -2.46. The van der Waals surface area contributed by atoms with Crippen molar-refractivity contribution in [1.82, 2.24) is 20.7 Å². The van der Waals surface area contributed by atoms with Crippen molar-refractivity contribution in [3.63, 3.8) is 0 Å². The molecular formula is C15H16F2N4O2. The van der Waals surface area contributed by atoms with Gasteiger partial charge in [0.25, 0.3) is 0 Å². The van der Waals surface area contributed by atoms with Crippen LogP contribution in [0.1, 0.15) is 23.4 Å². The number of amides is 1. The van der Waals surface area contributed by atoms with Gasteiger partial charge in [-0.15, -0.1) is 0 Å². The lowest BCUT2D eigenvalue weighted by molar-refractivity contribution is -0.125. The van der Waals surface area contributed by atoms with E-state index >= 15 is 0 Å². The molecule has 1 aliphatic rings. The summed E-state index contributed by atoms with van der Waals surface area (Å²) in [6.45, 7) is 0.125. The number of nitrogens with zero attached hydrogens (tertiary/aromatic N) is 2. The molecule has 2 aromatic rings. The predicted octanol–water partition coefficient (Wildman–Crippen LogP) is 1.25. The molecule has 0 aliphatic heterocycles. The summed E-state index contributed by atoms with van der Waals surface area (Å²) in [5, 5.41) is 22.4. The fourth-order valence-corrected chi connectivity index (χ4v) is 2.79. The van der Waals surface area contributed by atoms with E-state index in [1.165, 1.54) is 0 Å². The van der Waals surface area contributed by atoms with Gasteiger partial charge in [0.1, 0.15) is 17.4 Å². The molecule has 6 nitrogen and oxygen atoms in total. The van der Waals surface area contributed by atoms with Gasteiger partial charge in [-0.05, 0) is 19.3 Å². The highest BCUT2D eigenvalue weighted by Gasteiger charge is 2.27. The van der Waals surface area contributed by atoms with Gasteiger partial charge in [-0.3, -0.25) is 4.79 Å². The van der Waals surface area contributed by atoms with Crippen LogP contribution in [0.4, 0.5) is 8.78 Å². The number of benzene rings is 1. The Hall–Kier alpha value is -2.51. The van der Waals surface area contributed by atoms with Gasteiger partial charge >= 0.3 is 0 Å². The van der Waals surface area contributed by atoms with E-state index in [9.17, 15) is 13.6 Å². The average molecular weight is 322 g/mol. The number of hydrogen-bond acceptors (Lipinski definition) is 4. The average Bonchev–Trinajstić information content (AvgIpc) is 2.97. The Labute approximate surface area is 130 Å². The second-order valence-corrected chi connectivity index (χ2v) is 5.59. The maximum absolute atomic E-state index is 13.6. The fraction of sp³-hybridized carbons (Fsp3) is 0.400. The number of rotatable bonds is 4. The van der Waals surface area contributed by atoms with Gasteiger partial charge in [-0.1, -0.05) is 0 Å². The Morgan fingerprint density at radius 2 is 2.00 bits per heavy atom. The van der Waals surface area contributed by atoms with Crippen LogP contribution >= 0.6 is 0 Å². The summed E-state index contributed by atoms with van der Waals surface area (Å²) >= 11 is 0. The van der Waals surface area contributed by atoms with Crippen molar-refractivity contribution in [3.05, 3.63) is 40.7 Å². The molecule has 1 amide bonds. The van der Waals surface area contributed by atoms with Crippen LogP contribution in [0.5, 0.6) is 5.75 Å². The Balaban J connectivity index is 1.54. The van der Waals surface area contributed by atoms with Crippen molar-refractivity contribution in [3.8, 4) is 5.75 Å². The first-order valence-corrected chi connectivity index (χ1v) is 7.37. The van der Waals surface area contributed by atoms with Crippen LogP contribution in [0.25, 0.3) is 0 Å². The van der Waals surface area contributed by atoms with Gasteiger partial charge in [0.15, 0.2) is 0 Å². The quantitative estimate of drug-likeness (QED) is 0.790. The molecule has 1 heterocycles. The molecule has 1 aromatic heterocycles. The second-order valence-electron chi connectivity index (χ2n) is 5.59. The predicted molar refractivity (Wildman–Crippen MR) is 76.6 cm³/mol. The molecule has 122 valence electrons. The Morgan fingerprint density at radius 3 is 2.74 bits per heavy atom. The summed E-state index contributed by atoms with van der Waals surface area (Å²) < 4.78 is 27.2. The molecule has 0 radical (unpaired) electrons. The highest BCUT2D eigenvalue weighted by molar-refractivity contribution is 5.79. The Kier molecular flexibility index (Phi) is 4.22. The number of H-pyrrole nitrogens is 1. The van der Waals surface area contributed by atoms with Gasteiger partial charge in [-0.25, -0.2) is 8.78 Å². The van der Waals surface area contributed by atoms with Crippen molar-refractivity contribution in [1.29, 1.82) is 0 Å². The van der Waals surface area contributed by atoms with E-state index in [2.05, 4.69) is 20.7 Å². The molecule has 0 bridgehead atoms. The van der Waals surface area contributed by atoms with E-state index in [-0.39, 0.29) is 30.4 Å². The molecule has 23 heavy (non-hydrogen) atoms. The van der Waals surface area contributed by atoms with Crippen LogP contribution in [0.3, 0.4) is 0 Å². The van der Waals surface area contributed by atoms with Crippen LogP contribution < -0.4 is 5.32 Å². The van der Waals surface area contributed by atoms with Crippen molar-refractivity contribution in [2.24, 2.45) is 5.92 Å². The lowest BCUT2D eigenvalue weighted by Crippen LogP contribution is -2.35. The van der Waals surface area contributed by atoms with E-state index in [0.717, 1.165) is 23.5 Å².